The molecule has 20 heavy (non-hydrogen) atoms. The molecule has 0 bridgehead atoms. The van der Waals surface area contributed by atoms with Gasteiger partial charge in [0, 0.05) is 12.1 Å². The van der Waals surface area contributed by atoms with E-state index in [4.69, 9.17) is 9.47 Å². The van der Waals surface area contributed by atoms with Crippen LogP contribution in [0.2, 0.25) is 0 Å². The highest BCUT2D eigenvalue weighted by Gasteiger charge is 2.24. The maximum absolute atomic E-state index is 11.5. The number of amides is 1. The van der Waals surface area contributed by atoms with E-state index < -0.39 is 17.1 Å². The number of nitro benzene ring substituents is 1. The molecule has 1 fully saturated rings. The second kappa shape index (κ2) is 5.55. The minimum Gasteiger partial charge on any atom is -0.489 e. The van der Waals surface area contributed by atoms with Gasteiger partial charge in [0.05, 0.1) is 17.0 Å². The van der Waals surface area contributed by atoms with E-state index in [1.54, 1.807) is 0 Å². The number of cyclic esters (lactones) is 1. The van der Waals surface area contributed by atoms with Gasteiger partial charge in [-0.05, 0) is 13.0 Å². The fraction of sp³-hybridized carbons (Fsp3) is 0.333. The number of carbonyl (C=O) groups is 2. The molecule has 1 amide bonds. The number of hydrogen-bond donors (Lipinski definition) is 1. The van der Waals surface area contributed by atoms with Gasteiger partial charge in [0.25, 0.3) is 5.69 Å². The minimum absolute atomic E-state index is 0.0663. The molecule has 0 aromatic heterocycles. The van der Waals surface area contributed by atoms with Crippen LogP contribution >= 0.6 is 0 Å². The van der Waals surface area contributed by atoms with Crippen molar-refractivity contribution in [2.24, 2.45) is 0 Å². The molecule has 106 valence electrons. The zero-order valence-electron chi connectivity index (χ0n) is 10.6. The molecule has 1 atom stereocenters. The van der Waals surface area contributed by atoms with E-state index in [1.165, 1.54) is 19.1 Å². The van der Waals surface area contributed by atoms with Gasteiger partial charge in [-0.2, -0.15) is 0 Å². The quantitative estimate of drug-likeness (QED) is 0.494. The number of nitrogens with one attached hydrogen (secondary N) is 1. The Morgan fingerprint density at radius 1 is 1.60 bits per heavy atom. The molecule has 1 N–H and O–H groups in total. The zero-order valence-corrected chi connectivity index (χ0v) is 10.6. The van der Waals surface area contributed by atoms with Crippen LogP contribution in [0, 0.1) is 10.1 Å². The first-order valence-corrected chi connectivity index (χ1v) is 5.84. The molecular formula is C12H12N2O6. The largest absolute Gasteiger partial charge is 0.489 e. The van der Waals surface area contributed by atoms with Crippen LogP contribution in [0.15, 0.2) is 18.2 Å². The number of ether oxygens (including phenoxy) is 2. The first kappa shape index (κ1) is 13.8. The second-order valence-electron chi connectivity index (χ2n) is 4.21. The molecule has 1 aromatic rings. The molecule has 1 aliphatic rings. The number of alkyl carbamates (subject to hydrolysis) is 1. The van der Waals surface area contributed by atoms with Gasteiger partial charge in [0.1, 0.15) is 12.4 Å². The summed E-state index contributed by atoms with van der Waals surface area (Å²) in [4.78, 5) is 32.4. The van der Waals surface area contributed by atoms with E-state index in [9.17, 15) is 19.7 Å². The number of nitro groups is 1. The van der Waals surface area contributed by atoms with E-state index in [0.29, 0.717) is 6.54 Å². The average molecular weight is 280 g/mol. The zero-order chi connectivity index (χ0) is 14.7. The van der Waals surface area contributed by atoms with Crippen LogP contribution in [0.5, 0.6) is 5.75 Å². The van der Waals surface area contributed by atoms with E-state index in [0.717, 1.165) is 6.07 Å². The molecule has 8 heteroatoms. The van der Waals surface area contributed by atoms with E-state index >= 15 is 0 Å². The molecule has 1 aliphatic heterocycles. The van der Waals surface area contributed by atoms with Gasteiger partial charge in [-0.3, -0.25) is 14.9 Å². The van der Waals surface area contributed by atoms with Crippen molar-refractivity contribution in [3.05, 3.63) is 33.9 Å². The van der Waals surface area contributed by atoms with Crippen molar-refractivity contribution in [2.75, 3.05) is 13.2 Å². The lowest BCUT2D eigenvalue weighted by Gasteiger charge is -2.12. The van der Waals surface area contributed by atoms with Gasteiger partial charge < -0.3 is 14.8 Å². The Kier molecular flexibility index (Phi) is 3.83. The predicted octanol–water partition coefficient (Wildman–Crippen LogP) is 1.28. The lowest BCUT2D eigenvalue weighted by atomic mass is 10.1. The highest BCUT2D eigenvalue weighted by Crippen LogP contribution is 2.25. The Bertz CT molecular complexity index is 571. The maximum atomic E-state index is 11.5. The molecular weight excluding hydrogens is 268 g/mol. The molecule has 1 saturated heterocycles. The van der Waals surface area contributed by atoms with Crippen LogP contribution in [0.3, 0.4) is 0 Å². The topological polar surface area (TPSA) is 108 Å². The van der Waals surface area contributed by atoms with Crippen LogP contribution in [0.25, 0.3) is 0 Å². The van der Waals surface area contributed by atoms with Crippen molar-refractivity contribution in [1.82, 2.24) is 5.32 Å². The Hall–Kier alpha value is -2.64. The van der Waals surface area contributed by atoms with Gasteiger partial charge >= 0.3 is 6.09 Å². The Labute approximate surface area is 113 Å². The lowest BCUT2D eigenvalue weighted by molar-refractivity contribution is -0.384. The van der Waals surface area contributed by atoms with Gasteiger partial charge in [-0.1, -0.05) is 0 Å². The van der Waals surface area contributed by atoms with Crippen LogP contribution in [-0.2, 0) is 4.74 Å². The summed E-state index contributed by atoms with van der Waals surface area (Å²) in [6.45, 7) is 1.68. The molecule has 1 heterocycles. The third-order valence-corrected chi connectivity index (χ3v) is 2.73. The SMILES string of the molecule is CC(=O)c1cc([N+](=O)[O-])ccc1OCC1CNC(=O)O1. The fourth-order valence-corrected chi connectivity index (χ4v) is 1.74. The summed E-state index contributed by atoms with van der Waals surface area (Å²) in [6, 6.07) is 3.77. The van der Waals surface area contributed by atoms with Gasteiger partial charge in [-0.25, -0.2) is 4.79 Å². The molecule has 8 nitrogen and oxygen atoms in total. The fourth-order valence-electron chi connectivity index (χ4n) is 1.74. The third-order valence-electron chi connectivity index (χ3n) is 2.73. The minimum atomic E-state index is -0.584. The average Bonchev–Trinajstić information content (AvgIpc) is 2.81. The summed E-state index contributed by atoms with van der Waals surface area (Å²) in [5.41, 5.74) is -0.0620. The van der Waals surface area contributed by atoms with E-state index in [-0.39, 0.29) is 29.4 Å². The van der Waals surface area contributed by atoms with Crippen molar-refractivity contribution in [3.63, 3.8) is 0 Å². The molecule has 1 aromatic carbocycles. The lowest BCUT2D eigenvalue weighted by Crippen LogP contribution is -2.22. The summed E-state index contributed by atoms with van der Waals surface area (Å²) in [6.07, 6.45) is -0.966. The van der Waals surface area contributed by atoms with Gasteiger partial charge in [0.15, 0.2) is 11.9 Å². The third kappa shape index (κ3) is 3.02. The first-order valence-electron chi connectivity index (χ1n) is 5.84. The number of Topliss-reactive ketones (excluding diaryl/α,β-unsaturated/α-hetero) is 1. The highest BCUT2D eigenvalue weighted by molar-refractivity contribution is 5.97. The predicted molar refractivity (Wildman–Crippen MR) is 66.9 cm³/mol. The van der Waals surface area contributed by atoms with Crippen LogP contribution < -0.4 is 10.1 Å². The van der Waals surface area contributed by atoms with Crippen LogP contribution in [-0.4, -0.2) is 36.1 Å². The van der Waals surface area contributed by atoms with E-state index in [2.05, 4.69) is 5.32 Å². The summed E-state index contributed by atoms with van der Waals surface area (Å²) >= 11 is 0. The number of carbonyl (C=O) groups excluding carboxylic acids is 2. The summed E-state index contributed by atoms with van der Waals surface area (Å²) in [7, 11) is 0. The van der Waals surface area contributed by atoms with Crippen molar-refractivity contribution < 1.29 is 24.0 Å². The molecule has 1 unspecified atom stereocenters. The number of rotatable bonds is 5. The molecule has 2 rings (SSSR count). The normalized spacial score (nSPS) is 17.2. The summed E-state index contributed by atoms with van der Waals surface area (Å²) in [5.74, 6) is -0.115. The molecule has 0 aliphatic carbocycles. The Balaban J connectivity index is 2.12. The van der Waals surface area contributed by atoms with Crippen molar-refractivity contribution in [3.8, 4) is 5.75 Å². The van der Waals surface area contributed by atoms with Crippen molar-refractivity contribution in [1.29, 1.82) is 0 Å². The number of hydrogen-bond acceptors (Lipinski definition) is 6. The smallest absolute Gasteiger partial charge is 0.407 e. The van der Waals surface area contributed by atoms with Crippen molar-refractivity contribution >= 4 is 17.6 Å². The molecule has 0 spiro atoms. The number of non-ortho nitro benzene ring substituents is 1. The first-order chi connectivity index (χ1) is 9.47. The van der Waals surface area contributed by atoms with Crippen LogP contribution in [0.1, 0.15) is 17.3 Å². The summed E-state index contributed by atoms with van der Waals surface area (Å²) < 4.78 is 10.3. The van der Waals surface area contributed by atoms with Gasteiger partial charge in [0.2, 0.25) is 0 Å². The van der Waals surface area contributed by atoms with E-state index in [1.807, 2.05) is 0 Å². The summed E-state index contributed by atoms with van der Waals surface area (Å²) in [5, 5.41) is 13.1. The Morgan fingerprint density at radius 3 is 2.90 bits per heavy atom. The van der Waals surface area contributed by atoms with Crippen LogP contribution in [0.4, 0.5) is 10.5 Å². The number of nitrogens with zero attached hydrogens (tertiary/aromatic N) is 1. The number of ketones is 1. The Morgan fingerprint density at radius 2 is 2.35 bits per heavy atom. The highest BCUT2D eigenvalue weighted by atomic mass is 16.6. The standard InChI is InChI=1S/C12H12N2O6/c1-7(15)10-4-8(14(17)18)2-3-11(10)19-6-9-5-13-12(16)20-9/h2-4,9H,5-6H2,1H3,(H,13,16). The van der Waals surface area contributed by atoms with Crippen molar-refractivity contribution in [2.45, 2.75) is 13.0 Å². The van der Waals surface area contributed by atoms with Gasteiger partial charge in [-0.15, -0.1) is 0 Å². The molecule has 0 saturated carbocycles. The molecule has 0 radical (unpaired) electrons. The second-order valence-corrected chi connectivity index (χ2v) is 4.21. The maximum Gasteiger partial charge on any atom is 0.407 e. The number of benzene rings is 1. The monoisotopic (exact) mass is 280 g/mol.